The first kappa shape index (κ1) is 21.8. The van der Waals surface area contributed by atoms with Gasteiger partial charge < -0.3 is 15.8 Å². The van der Waals surface area contributed by atoms with Crippen molar-refractivity contribution < 1.29 is 31.1 Å². The Hall–Kier alpha value is -1.52. The minimum absolute atomic E-state index is 0.0314. The van der Waals surface area contributed by atoms with Gasteiger partial charge in [0.2, 0.25) is 5.91 Å². The molecule has 1 unspecified atom stereocenters. The van der Waals surface area contributed by atoms with E-state index in [1.165, 1.54) is 0 Å². The van der Waals surface area contributed by atoms with E-state index in [4.69, 9.17) is 22.1 Å². The molecule has 1 saturated carbocycles. The SMILES string of the molecule is C[C@@H](Oc1ccc(S(=O)(=O)C2CC[C@@H](C(=O)NCN)C2)c(Cl)c1)C(F)(F)F. The first-order valence-electron chi connectivity index (χ1n) is 8.21. The Labute approximate surface area is 160 Å². The van der Waals surface area contributed by atoms with Gasteiger partial charge in [0.05, 0.1) is 21.8 Å². The van der Waals surface area contributed by atoms with Crippen molar-refractivity contribution in [2.75, 3.05) is 6.67 Å². The summed E-state index contributed by atoms with van der Waals surface area (Å²) in [7, 11) is -3.85. The predicted molar refractivity (Wildman–Crippen MR) is 93.1 cm³/mol. The van der Waals surface area contributed by atoms with Crippen LogP contribution in [-0.2, 0) is 14.6 Å². The number of rotatable bonds is 6. The van der Waals surface area contributed by atoms with Gasteiger partial charge in [-0.3, -0.25) is 4.79 Å². The van der Waals surface area contributed by atoms with Gasteiger partial charge in [0.1, 0.15) is 5.75 Å². The topological polar surface area (TPSA) is 98.5 Å². The molecule has 152 valence electrons. The number of alkyl halides is 3. The van der Waals surface area contributed by atoms with Crippen molar-refractivity contribution in [3.05, 3.63) is 23.2 Å². The van der Waals surface area contributed by atoms with Gasteiger partial charge in [0.15, 0.2) is 15.9 Å². The lowest BCUT2D eigenvalue weighted by Crippen LogP contribution is -2.34. The summed E-state index contributed by atoms with van der Waals surface area (Å²) in [5.74, 6) is -0.941. The lowest BCUT2D eigenvalue weighted by molar-refractivity contribution is -0.189. The van der Waals surface area contributed by atoms with Gasteiger partial charge in [0.25, 0.3) is 0 Å². The summed E-state index contributed by atoms with van der Waals surface area (Å²) in [5, 5.41) is 1.43. The standard InChI is InChI=1S/C16H20ClF3N2O4S/c1-9(16(18,19)20)26-11-3-5-14(13(17)7-11)27(24,25)12-4-2-10(6-12)15(23)22-8-21/h3,5,7,9-10,12H,2,4,6,8,21H2,1H3,(H,22,23)/t9-,10-,12?/m1/s1. The maximum atomic E-state index is 12.8. The summed E-state index contributed by atoms with van der Waals surface area (Å²) in [5.41, 5.74) is 5.25. The predicted octanol–water partition coefficient (Wildman–Crippen LogP) is 2.64. The monoisotopic (exact) mass is 428 g/mol. The number of nitrogens with one attached hydrogen (secondary N) is 1. The molecule has 3 atom stereocenters. The number of hydrogen-bond acceptors (Lipinski definition) is 5. The van der Waals surface area contributed by atoms with E-state index in [2.05, 4.69) is 5.32 Å². The van der Waals surface area contributed by atoms with Gasteiger partial charge in [-0.2, -0.15) is 13.2 Å². The van der Waals surface area contributed by atoms with E-state index in [1.54, 1.807) is 0 Å². The van der Waals surface area contributed by atoms with Crippen LogP contribution in [-0.4, -0.2) is 38.5 Å². The van der Waals surface area contributed by atoms with Crippen molar-refractivity contribution in [1.29, 1.82) is 0 Å². The zero-order valence-corrected chi connectivity index (χ0v) is 16.0. The van der Waals surface area contributed by atoms with Crippen LogP contribution in [0.3, 0.4) is 0 Å². The molecular weight excluding hydrogens is 409 g/mol. The first-order valence-corrected chi connectivity index (χ1v) is 10.1. The molecule has 0 aliphatic heterocycles. The van der Waals surface area contributed by atoms with Gasteiger partial charge >= 0.3 is 6.18 Å². The van der Waals surface area contributed by atoms with E-state index >= 15 is 0 Å². The molecule has 1 aromatic carbocycles. The van der Waals surface area contributed by atoms with E-state index in [9.17, 15) is 26.4 Å². The average Bonchev–Trinajstić information content (AvgIpc) is 3.05. The van der Waals surface area contributed by atoms with Crippen LogP contribution in [0.15, 0.2) is 23.1 Å². The maximum Gasteiger partial charge on any atom is 0.425 e. The van der Waals surface area contributed by atoms with E-state index in [0.29, 0.717) is 6.42 Å². The number of ether oxygens (including phenoxy) is 1. The van der Waals surface area contributed by atoms with Crippen molar-refractivity contribution in [2.45, 2.75) is 48.6 Å². The molecule has 0 radical (unpaired) electrons. The Bertz CT molecular complexity index is 801. The fraction of sp³-hybridized carbons (Fsp3) is 0.562. The number of halogens is 4. The number of carbonyl (C=O) groups excluding carboxylic acids is 1. The Morgan fingerprint density at radius 3 is 2.63 bits per heavy atom. The van der Waals surface area contributed by atoms with Crippen molar-refractivity contribution in [3.63, 3.8) is 0 Å². The van der Waals surface area contributed by atoms with E-state index in [1.807, 2.05) is 0 Å². The van der Waals surface area contributed by atoms with Gasteiger partial charge in [-0.1, -0.05) is 11.6 Å². The molecule has 0 heterocycles. The largest absolute Gasteiger partial charge is 0.481 e. The Balaban J connectivity index is 2.16. The Morgan fingerprint density at radius 2 is 2.07 bits per heavy atom. The smallest absolute Gasteiger partial charge is 0.425 e. The Kier molecular flexibility index (Phi) is 6.64. The minimum Gasteiger partial charge on any atom is -0.481 e. The van der Waals surface area contributed by atoms with Gasteiger partial charge in [-0.05, 0) is 38.3 Å². The quantitative estimate of drug-likeness (QED) is 0.679. The molecule has 1 amide bonds. The summed E-state index contributed by atoms with van der Waals surface area (Å²) in [6.45, 7) is 0.806. The van der Waals surface area contributed by atoms with E-state index < -0.39 is 33.3 Å². The maximum absolute atomic E-state index is 12.8. The van der Waals surface area contributed by atoms with E-state index in [0.717, 1.165) is 25.1 Å². The van der Waals surface area contributed by atoms with Gasteiger partial charge in [-0.15, -0.1) is 0 Å². The second kappa shape index (κ2) is 8.24. The highest BCUT2D eigenvalue weighted by atomic mass is 35.5. The molecule has 11 heteroatoms. The molecule has 0 spiro atoms. The minimum atomic E-state index is -4.56. The summed E-state index contributed by atoms with van der Waals surface area (Å²) in [6, 6.07) is 3.31. The average molecular weight is 429 g/mol. The molecule has 1 aliphatic rings. The van der Waals surface area contributed by atoms with Gasteiger partial charge in [0, 0.05) is 12.0 Å². The number of benzene rings is 1. The number of nitrogens with two attached hydrogens (primary N) is 1. The fourth-order valence-electron chi connectivity index (χ4n) is 2.94. The summed E-state index contributed by atoms with van der Waals surface area (Å²) >= 11 is 6.00. The molecule has 1 aromatic rings. The third-order valence-corrected chi connectivity index (χ3v) is 7.15. The van der Waals surface area contributed by atoms with Crippen LogP contribution in [0.25, 0.3) is 0 Å². The highest BCUT2D eigenvalue weighted by Crippen LogP contribution is 2.37. The summed E-state index contributed by atoms with van der Waals surface area (Å²) < 4.78 is 68.1. The molecule has 0 aromatic heterocycles. The van der Waals surface area contributed by atoms with Crippen LogP contribution in [0.1, 0.15) is 26.2 Å². The fourth-order valence-corrected chi connectivity index (χ4v) is 5.31. The molecule has 3 N–H and O–H groups in total. The third-order valence-electron chi connectivity index (χ3n) is 4.45. The molecule has 6 nitrogen and oxygen atoms in total. The second-order valence-corrected chi connectivity index (χ2v) is 8.92. The lowest BCUT2D eigenvalue weighted by Gasteiger charge is -2.19. The van der Waals surface area contributed by atoms with Crippen molar-refractivity contribution >= 4 is 27.3 Å². The highest BCUT2D eigenvalue weighted by molar-refractivity contribution is 7.92. The first-order chi connectivity index (χ1) is 12.5. The number of carbonyl (C=O) groups is 1. The molecule has 1 fully saturated rings. The van der Waals surface area contributed by atoms with Gasteiger partial charge in [-0.25, -0.2) is 8.42 Å². The van der Waals surface area contributed by atoms with Crippen molar-refractivity contribution in [2.24, 2.45) is 11.7 Å². The van der Waals surface area contributed by atoms with Crippen molar-refractivity contribution in [3.8, 4) is 5.75 Å². The second-order valence-electron chi connectivity index (χ2n) is 6.32. The van der Waals surface area contributed by atoms with Crippen molar-refractivity contribution in [1.82, 2.24) is 5.32 Å². The highest BCUT2D eigenvalue weighted by Gasteiger charge is 2.40. The molecule has 1 aliphatic carbocycles. The zero-order valence-electron chi connectivity index (χ0n) is 14.4. The summed E-state index contributed by atoms with van der Waals surface area (Å²) in [6.07, 6.45) is -5.80. The lowest BCUT2D eigenvalue weighted by atomic mass is 10.1. The molecule has 0 bridgehead atoms. The number of amides is 1. The molecule has 27 heavy (non-hydrogen) atoms. The van der Waals surface area contributed by atoms with Crippen LogP contribution in [0, 0.1) is 5.92 Å². The van der Waals surface area contributed by atoms with Crippen LogP contribution in [0.2, 0.25) is 5.02 Å². The number of sulfone groups is 1. The number of hydrogen-bond donors (Lipinski definition) is 2. The molecule has 0 saturated heterocycles. The Morgan fingerprint density at radius 1 is 1.41 bits per heavy atom. The van der Waals surface area contributed by atoms with Crippen LogP contribution < -0.4 is 15.8 Å². The van der Waals surface area contributed by atoms with Crippen LogP contribution >= 0.6 is 11.6 Å². The molecule has 2 rings (SSSR count). The molecular formula is C16H20ClF3N2O4S. The summed E-state index contributed by atoms with van der Waals surface area (Å²) in [4.78, 5) is 11.6. The third kappa shape index (κ3) is 5.05. The van der Waals surface area contributed by atoms with Crippen LogP contribution in [0.4, 0.5) is 13.2 Å². The van der Waals surface area contributed by atoms with Crippen LogP contribution in [0.5, 0.6) is 5.75 Å². The normalized spacial score (nSPS) is 21.7. The zero-order chi connectivity index (χ0) is 20.4. The van der Waals surface area contributed by atoms with E-state index in [-0.39, 0.29) is 41.1 Å².